The van der Waals surface area contributed by atoms with Crippen molar-refractivity contribution >= 4 is 22.6 Å². The second-order valence-corrected chi connectivity index (χ2v) is 8.49. The second-order valence-electron chi connectivity index (χ2n) is 8.49. The molecule has 0 unspecified atom stereocenters. The zero-order valence-corrected chi connectivity index (χ0v) is 19.9. The average molecular weight is 474 g/mol. The van der Waals surface area contributed by atoms with E-state index in [1.807, 2.05) is 55.5 Å². The summed E-state index contributed by atoms with van der Waals surface area (Å²) in [5, 5.41) is 11.2. The van der Waals surface area contributed by atoms with E-state index in [1.54, 1.807) is 6.08 Å². The van der Waals surface area contributed by atoms with Crippen LogP contribution < -0.4 is 15.6 Å². The van der Waals surface area contributed by atoms with Gasteiger partial charge in [-0.05, 0) is 47.5 Å². The largest absolute Gasteiger partial charge is 0.494 e. The third-order valence-electron chi connectivity index (χ3n) is 6.14. The molecule has 7 nitrogen and oxygen atoms in total. The Hall–Kier alpha value is -3.68. The number of benzene rings is 3. The van der Waals surface area contributed by atoms with Gasteiger partial charge in [0, 0.05) is 31.6 Å². The summed E-state index contributed by atoms with van der Waals surface area (Å²) < 4.78 is 11.6. The van der Waals surface area contributed by atoms with Crippen molar-refractivity contribution in [2.75, 3.05) is 13.2 Å². The van der Waals surface area contributed by atoms with Gasteiger partial charge in [0.15, 0.2) is 5.54 Å². The monoisotopic (exact) mass is 473 g/mol. The van der Waals surface area contributed by atoms with Gasteiger partial charge in [-0.3, -0.25) is 10.2 Å². The quantitative estimate of drug-likeness (QED) is 0.223. The first-order valence-corrected chi connectivity index (χ1v) is 11.8. The van der Waals surface area contributed by atoms with Crippen molar-refractivity contribution in [2.24, 2.45) is 4.99 Å². The van der Waals surface area contributed by atoms with E-state index >= 15 is 0 Å². The zero-order valence-electron chi connectivity index (χ0n) is 19.9. The summed E-state index contributed by atoms with van der Waals surface area (Å²) >= 11 is 0. The number of rotatable bonds is 11. The van der Waals surface area contributed by atoms with Gasteiger partial charge in [-0.15, -0.1) is 6.58 Å². The number of hydrogen-bond acceptors (Lipinski definition) is 6. The van der Waals surface area contributed by atoms with Crippen molar-refractivity contribution in [1.29, 1.82) is 0 Å². The van der Waals surface area contributed by atoms with Crippen LogP contribution in [0.2, 0.25) is 0 Å². The highest BCUT2D eigenvalue weighted by Gasteiger charge is 2.49. The lowest BCUT2D eigenvalue weighted by atomic mass is 9.90. The molecule has 7 heteroatoms. The maximum atomic E-state index is 13.4. The minimum absolute atomic E-state index is 0.0882. The van der Waals surface area contributed by atoms with Crippen LogP contribution >= 0.6 is 0 Å². The highest BCUT2D eigenvalue weighted by molar-refractivity contribution is 6.00. The van der Waals surface area contributed by atoms with Crippen molar-refractivity contribution in [1.82, 2.24) is 10.9 Å². The molecule has 3 aromatic carbocycles. The highest BCUT2D eigenvalue weighted by Crippen LogP contribution is 2.32. The van der Waals surface area contributed by atoms with Crippen molar-refractivity contribution < 1.29 is 19.4 Å². The topological polar surface area (TPSA) is 92.2 Å². The first-order valence-electron chi connectivity index (χ1n) is 11.8. The molecule has 182 valence electrons. The first kappa shape index (κ1) is 24.4. The van der Waals surface area contributed by atoms with Gasteiger partial charge in [-0.2, -0.15) is 0 Å². The molecule has 0 bridgehead atoms. The number of carbonyl (C=O) groups excluding carboxylic acids is 1. The third kappa shape index (κ3) is 5.37. The number of hydrogen-bond donors (Lipinski definition) is 3. The van der Waals surface area contributed by atoms with Gasteiger partial charge in [-0.25, -0.2) is 10.4 Å². The molecule has 0 aliphatic carbocycles. The minimum atomic E-state index is -1.13. The lowest BCUT2D eigenvalue weighted by molar-refractivity contribution is -0.129. The standard InChI is InChI=1S/C28H31N3O4/c1-3-16-28(27(33)31-29-19-23-10-6-9-21-8-4-5-11-25(21)23)20(2)35-26(30-28)22-12-14-24(15-13-22)34-18-7-17-32/h3-6,8-15,20,29,32H,1,7,16-19H2,2H3,(H,31,33)/t20-,28-/m0/s1. The summed E-state index contributed by atoms with van der Waals surface area (Å²) in [6.45, 7) is 6.68. The number of ether oxygens (including phenoxy) is 2. The van der Waals surface area contributed by atoms with Crippen LogP contribution in [0.25, 0.3) is 10.8 Å². The normalized spacial score (nSPS) is 19.1. The molecule has 3 N–H and O–H groups in total. The number of fused-ring (bicyclic) bond motifs is 1. The Kier molecular flexibility index (Phi) is 7.80. The maximum Gasteiger partial charge on any atom is 0.266 e. The fourth-order valence-corrected chi connectivity index (χ4v) is 4.18. The van der Waals surface area contributed by atoms with Crippen LogP contribution in [0.15, 0.2) is 84.4 Å². The Bertz CT molecular complexity index is 1200. The first-order chi connectivity index (χ1) is 17.1. The average Bonchev–Trinajstić information content (AvgIpc) is 3.22. The Morgan fingerprint density at radius 3 is 2.71 bits per heavy atom. The van der Waals surface area contributed by atoms with Crippen LogP contribution in [0.3, 0.4) is 0 Å². The molecule has 1 heterocycles. The molecule has 1 amide bonds. The molecule has 0 saturated heterocycles. The summed E-state index contributed by atoms with van der Waals surface area (Å²) in [5.74, 6) is 0.830. The molecule has 0 fully saturated rings. The number of aliphatic hydroxyl groups is 1. The highest BCUT2D eigenvalue weighted by atomic mass is 16.5. The molecule has 0 aromatic heterocycles. The van der Waals surface area contributed by atoms with Crippen LogP contribution in [-0.4, -0.2) is 41.8 Å². The van der Waals surface area contributed by atoms with Gasteiger partial charge in [0.2, 0.25) is 5.90 Å². The molecular weight excluding hydrogens is 442 g/mol. The number of aliphatic imine (C=N–C) groups is 1. The number of nitrogens with one attached hydrogen (secondary N) is 2. The maximum absolute atomic E-state index is 13.4. The lowest BCUT2D eigenvalue weighted by Gasteiger charge is -2.27. The fourth-order valence-electron chi connectivity index (χ4n) is 4.18. The Morgan fingerprint density at radius 2 is 1.94 bits per heavy atom. The SMILES string of the molecule is C=CC[C@]1(C(=O)NNCc2cccc3ccccc23)N=C(c2ccc(OCCCO)cc2)O[C@H]1C. The number of amides is 1. The van der Waals surface area contributed by atoms with E-state index in [9.17, 15) is 4.79 Å². The van der Waals surface area contributed by atoms with Crippen LogP contribution in [0, 0.1) is 0 Å². The smallest absolute Gasteiger partial charge is 0.266 e. The van der Waals surface area contributed by atoms with Crippen LogP contribution in [0.5, 0.6) is 5.75 Å². The van der Waals surface area contributed by atoms with Crippen LogP contribution in [-0.2, 0) is 16.1 Å². The Labute approximate surface area is 205 Å². The van der Waals surface area contributed by atoms with Gasteiger partial charge in [0.1, 0.15) is 11.9 Å². The minimum Gasteiger partial charge on any atom is -0.494 e. The Balaban J connectivity index is 1.46. The summed E-state index contributed by atoms with van der Waals surface area (Å²) in [4.78, 5) is 18.1. The molecule has 1 aliphatic rings. The van der Waals surface area contributed by atoms with Gasteiger partial charge in [-0.1, -0.05) is 48.5 Å². The molecule has 0 saturated carbocycles. The number of nitrogens with zero attached hydrogens (tertiary/aromatic N) is 1. The van der Waals surface area contributed by atoms with E-state index in [1.165, 1.54) is 0 Å². The van der Waals surface area contributed by atoms with Gasteiger partial charge < -0.3 is 14.6 Å². The summed E-state index contributed by atoms with van der Waals surface area (Å²) in [5.41, 5.74) is 6.62. The molecule has 4 rings (SSSR count). The molecule has 0 spiro atoms. The van der Waals surface area contributed by atoms with Crippen LogP contribution in [0.1, 0.15) is 30.9 Å². The Morgan fingerprint density at radius 1 is 1.17 bits per heavy atom. The molecule has 3 aromatic rings. The fraction of sp³-hybridized carbons (Fsp3) is 0.286. The van der Waals surface area contributed by atoms with E-state index in [0.29, 0.717) is 37.6 Å². The summed E-state index contributed by atoms with van der Waals surface area (Å²) in [6, 6.07) is 21.6. The van der Waals surface area contributed by atoms with Gasteiger partial charge >= 0.3 is 0 Å². The zero-order chi connectivity index (χ0) is 24.7. The van der Waals surface area contributed by atoms with Gasteiger partial charge in [0.05, 0.1) is 6.61 Å². The predicted octanol–water partition coefficient (Wildman–Crippen LogP) is 3.90. The van der Waals surface area contributed by atoms with E-state index in [4.69, 9.17) is 19.6 Å². The van der Waals surface area contributed by atoms with Crippen molar-refractivity contribution in [3.63, 3.8) is 0 Å². The third-order valence-corrected chi connectivity index (χ3v) is 6.14. The second kappa shape index (κ2) is 11.2. The van der Waals surface area contributed by atoms with Crippen molar-refractivity contribution in [3.05, 3.63) is 90.5 Å². The van der Waals surface area contributed by atoms with Crippen molar-refractivity contribution in [3.8, 4) is 5.75 Å². The van der Waals surface area contributed by atoms with E-state index in [2.05, 4.69) is 35.6 Å². The number of carbonyl (C=O) groups is 1. The number of hydrazine groups is 1. The van der Waals surface area contributed by atoms with Gasteiger partial charge in [0.25, 0.3) is 5.91 Å². The van der Waals surface area contributed by atoms with Crippen molar-refractivity contribution in [2.45, 2.75) is 38.0 Å². The lowest BCUT2D eigenvalue weighted by Crippen LogP contribution is -2.54. The summed E-state index contributed by atoms with van der Waals surface area (Å²) in [6.07, 6.45) is 2.12. The van der Waals surface area contributed by atoms with Crippen LogP contribution in [0.4, 0.5) is 0 Å². The molecular formula is C28H31N3O4. The molecule has 0 radical (unpaired) electrons. The molecule has 1 aliphatic heterocycles. The summed E-state index contributed by atoms with van der Waals surface area (Å²) in [7, 11) is 0. The van der Waals surface area contributed by atoms with E-state index in [-0.39, 0.29) is 12.5 Å². The van der Waals surface area contributed by atoms with E-state index in [0.717, 1.165) is 21.9 Å². The van der Waals surface area contributed by atoms with E-state index < -0.39 is 11.6 Å². The number of aliphatic hydroxyl groups excluding tert-OH is 1. The molecule has 35 heavy (non-hydrogen) atoms. The predicted molar refractivity (Wildman–Crippen MR) is 137 cm³/mol. The molecule has 2 atom stereocenters.